The van der Waals surface area contributed by atoms with Gasteiger partial charge in [0.05, 0.1) is 5.56 Å². The molecule has 0 aliphatic heterocycles. The molecule has 0 saturated heterocycles. The van der Waals surface area contributed by atoms with Gasteiger partial charge in [-0.05, 0) is 60.7 Å². The predicted molar refractivity (Wildman–Crippen MR) is 96.1 cm³/mol. The van der Waals surface area contributed by atoms with Gasteiger partial charge in [0, 0.05) is 11.6 Å². The minimum atomic E-state index is -4.39. The number of fused-ring (bicyclic) bond motifs is 1. The zero-order valence-electron chi connectivity index (χ0n) is 14.5. The van der Waals surface area contributed by atoms with Gasteiger partial charge in [-0.2, -0.15) is 13.2 Å². The van der Waals surface area contributed by atoms with Gasteiger partial charge < -0.3 is 9.84 Å². The Morgan fingerprint density at radius 1 is 1.19 bits per heavy atom. The molecule has 0 saturated carbocycles. The van der Waals surface area contributed by atoms with Crippen LogP contribution in [-0.2, 0) is 11.2 Å². The average Bonchev–Trinajstić information content (AvgIpc) is 2.60. The van der Waals surface area contributed by atoms with E-state index in [4.69, 9.17) is 4.74 Å². The number of esters is 1. The molecule has 2 aromatic carbocycles. The highest BCUT2D eigenvalue weighted by Gasteiger charge is 2.22. The SMILES string of the molecule is Cc1cc(/C=C/C(F)(F)F)ccc1C(=O)OC1=CCCc2ccc(O)cc21. The van der Waals surface area contributed by atoms with E-state index in [0.29, 0.717) is 28.9 Å². The van der Waals surface area contributed by atoms with Crippen LogP contribution in [0.2, 0.25) is 0 Å². The third-order valence-electron chi connectivity index (χ3n) is 4.24. The summed E-state index contributed by atoms with van der Waals surface area (Å²) in [6.07, 6.45) is -0.00928. The van der Waals surface area contributed by atoms with Gasteiger partial charge in [0.15, 0.2) is 0 Å². The molecule has 0 unspecified atom stereocenters. The Kier molecular flexibility index (Phi) is 5.08. The van der Waals surface area contributed by atoms with E-state index in [1.165, 1.54) is 18.2 Å². The molecule has 27 heavy (non-hydrogen) atoms. The molecule has 0 amide bonds. The molecule has 0 fully saturated rings. The maximum atomic E-state index is 12.5. The van der Waals surface area contributed by atoms with Gasteiger partial charge in [0.2, 0.25) is 0 Å². The Balaban J connectivity index is 1.80. The van der Waals surface area contributed by atoms with Crippen molar-refractivity contribution in [3.05, 3.63) is 76.4 Å². The van der Waals surface area contributed by atoms with Crippen molar-refractivity contribution >= 4 is 17.8 Å². The lowest BCUT2D eigenvalue weighted by atomic mass is 9.95. The first-order valence-corrected chi connectivity index (χ1v) is 8.34. The number of ether oxygens (including phenoxy) is 1. The second-order valence-electron chi connectivity index (χ2n) is 6.29. The minimum Gasteiger partial charge on any atom is -0.508 e. The molecule has 0 spiro atoms. The van der Waals surface area contributed by atoms with Gasteiger partial charge in [-0.15, -0.1) is 0 Å². The second-order valence-corrected chi connectivity index (χ2v) is 6.29. The molecule has 3 nitrogen and oxygen atoms in total. The summed E-state index contributed by atoms with van der Waals surface area (Å²) in [6.45, 7) is 1.64. The first-order valence-electron chi connectivity index (χ1n) is 8.34. The number of rotatable bonds is 3. The van der Waals surface area contributed by atoms with Crippen LogP contribution in [0.1, 0.15) is 39.0 Å². The molecule has 140 valence electrons. The maximum Gasteiger partial charge on any atom is 0.409 e. The molecule has 1 aliphatic rings. The summed E-state index contributed by atoms with van der Waals surface area (Å²) in [5, 5.41) is 9.69. The Morgan fingerprint density at radius 3 is 2.67 bits per heavy atom. The van der Waals surface area contributed by atoms with Crippen LogP contribution in [-0.4, -0.2) is 17.3 Å². The van der Waals surface area contributed by atoms with E-state index < -0.39 is 12.1 Å². The van der Waals surface area contributed by atoms with Crippen LogP contribution in [0.25, 0.3) is 11.8 Å². The monoisotopic (exact) mass is 374 g/mol. The van der Waals surface area contributed by atoms with Gasteiger partial charge in [-0.1, -0.05) is 24.3 Å². The summed E-state index contributed by atoms with van der Waals surface area (Å²) < 4.78 is 42.3. The Morgan fingerprint density at radius 2 is 1.96 bits per heavy atom. The molecule has 0 heterocycles. The lowest BCUT2D eigenvalue weighted by Gasteiger charge is -2.18. The van der Waals surface area contributed by atoms with Gasteiger partial charge in [0.1, 0.15) is 11.5 Å². The molecule has 0 radical (unpaired) electrons. The molecule has 1 N–H and O–H groups in total. The molecular weight excluding hydrogens is 357 g/mol. The lowest BCUT2D eigenvalue weighted by molar-refractivity contribution is -0.0790. The first kappa shape index (κ1) is 18.8. The second kappa shape index (κ2) is 7.31. The van der Waals surface area contributed by atoms with Crippen molar-refractivity contribution < 1.29 is 27.8 Å². The number of aromatic hydroxyl groups is 1. The van der Waals surface area contributed by atoms with Crippen molar-refractivity contribution in [2.24, 2.45) is 0 Å². The van der Waals surface area contributed by atoms with Crippen LogP contribution < -0.4 is 0 Å². The number of hydrogen-bond acceptors (Lipinski definition) is 3. The van der Waals surface area contributed by atoms with E-state index in [2.05, 4.69) is 0 Å². The van der Waals surface area contributed by atoms with Gasteiger partial charge in [0.25, 0.3) is 0 Å². The number of carbonyl (C=O) groups excluding carboxylic acids is 1. The number of hydrogen-bond donors (Lipinski definition) is 1. The van der Waals surface area contributed by atoms with Crippen molar-refractivity contribution in [1.29, 1.82) is 0 Å². The van der Waals surface area contributed by atoms with Gasteiger partial charge in [-0.3, -0.25) is 0 Å². The number of benzene rings is 2. The topological polar surface area (TPSA) is 46.5 Å². The quantitative estimate of drug-likeness (QED) is 0.730. The molecule has 2 aromatic rings. The number of carbonyl (C=O) groups is 1. The van der Waals surface area contributed by atoms with E-state index in [9.17, 15) is 23.1 Å². The number of halogens is 3. The number of phenols is 1. The Labute approximate surface area is 154 Å². The van der Waals surface area contributed by atoms with Crippen LogP contribution in [0, 0.1) is 6.92 Å². The van der Waals surface area contributed by atoms with Crippen molar-refractivity contribution in [2.75, 3.05) is 0 Å². The summed E-state index contributed by atoms with van der Waals surface area (Å²) in [6, 6.07) is 9.29. The Hall–Kier alpha value is -3.02. The van der Waals surface area contributed by atoms with Gasteiger partial charge in [-0.25, -0.2) is 4.79 Å². The van der Waals surface area contributed by atoms with E-state index in [1.54, 1.807) is 31.2 Å². The number of aryl methyl sites for hydroxylation is 2. The maximum absolute atomic E-state index is 12.5. The fraction of sp³-hybridized carbons (Fsp3) is 0.190. The number of alkyl halides is 3. The molecular formula is C21H17F3O3. The fourth-order valence-corrected chi connectivity index (χ4v) is 2.94. The smallest absolute Gasteiger partial charge is 0.409 e. The Bertz CT molecular complexity index is 940. The van der Waals surface area contributed by atoms with Crippen molar-refractivity contribution in [1.82, 2.24) is 0 Å². The average molecular weight is 374 g/mol. The molecule has 3 rings (SSSR count). The van der Waals surface area contributed by atoms with Crippen LogP contribution >= 0.6 is 0 Å². The van der Waals surface area contributed by atoms with Crippen molar-refractivity contribution in [3.8, 4) is 5.75 Å². The highest BCUT2D eigenvalue weighted by molar-refractivity contribution is 5.95. The molecule has 0 atom stereocenters. The van der Waals surface area contributed by atoms with E-state index in [1.807, 2.05) is 0 Å². The third kappa shape index (κ3) is 4.58. The van der Waals surface area contributed by atoms with Crippen molar-refractivity contribution in [2.45, 2.75) is 25.9 Å². The number of phenolic OH excluding ortho intramolecular Hbond substituents is 1. The standard InChI is InChI=1S/C21H17F3O3/c1-13-11-14(9-10-21(22,23)24)5-8-17(13)20(26)27-19-4-2-3-15-6-7-16(25)12-18(15)19/h4-12,25H,2-3H2,1H3/b10-9+. The predicted octanol–water partition coefficient (Wildman–Crippen LogP) is 5.42. The van der Waals surface area contributed by atoms with Crippen molar-refractivity contribution in [3.63, 3.8) is 0 Å². The molecule has 0 bridgehead atoms. The minimum absolute atomic E-state index is 0.0783. The largest absolute Gasteiger partial charge is 0.508 e. The van der Waals surface area contributed by atoms with Gasteiger partial charge >= 0.3 is 12.1 Å². The van der Waals surface area contributed by atoms with E-state index in [0.717, 1.165) is 18.1 Å². The fourth-order valence-electron chi connectivity index (χ4n) is 2.94. The lowest BCUT2D eigenvalue weighted by Crippen LogP contribution is -2.10. The van der Waals surface area contributed by atoms with Crippen LogP contribution in [0.15, 0.2) is 48.6 Å². The summed E-state index contributed by atoms with van der Waals surface area (Å²) in [5.41, 5.74) is 2.76. The first-order chi connectivity index (χ1) is 12.7. The normalized spacial score (nSPS) is 14.0. The highest BCUT2D eigenvalue weighted by atomic mass is 19.4. The summed E-state index contributed by atoms with van der Waals surface area (Å²) in [5.74, 6) is -0.145. The van der Waals surface area contributed by atoms with Crippen LogP contribution in [0.3, 0.4) is 0 Å². The summed E-state index contributed by atoms with van der Waals surface area (Å²) in [7, 11) is 0. The third-order valence-corrected chi connectivity index (χ3v) is 4.24. The van der Waals surface area contributed by atoms with E-state index in [-0.39, 0.29) is 17.4 Å². The molecule has 0 aromatic heterocycles. The number of allylic oxidation sites excluding steroid dienone is 2. The summed E-state index contributed by atoms with van der Waals surface area (Å²) >= 11 is 0. The molecule has 1 aliphatic carbocycles. The zero-order valence-corrected chi connectivity index (χ0v) is 14.5. The van der Waals surface area contributed by atoms with Crippen LogP contribution in [0.4, 0.5) is 13.2 Å². The zero-order chi connectivity index (χ0) is 19.6. The molecule has 6 heteroatoms. The highest BCUT2D eigenvalue weighted by Crippen LogP contribution is 2.31. The van der Waals surface area contributed by atoms with E-state index >= 15 is 0 Å². The summed E-state index contributed by atoms with van der Waals surface area (Å²) in [4.78, 5) is 12.5. The van der Waals surface area contributed by atoms with Crippen LogP contribution in [0.5, 0.6) is 5.75 Å².